The Morgan fingerprint density at radius 3 is 2.03 bits per heavy atom. The molecule has 0 radical (unpaired) electrons. The first-order valence-corrected chi connectivity index (χ1v) is 9.53. The van der Waals surface area contributed by atoms with Crippen molar-refractivity contribution >= 4 is 23.4 Å². The van der Waals surface area contributed by atoms with Gasteiger partial charge in [0, 0.05) is 11.3 Å². The number of methoxy groups -OCH3 is 3. The minimum Gasteiger partial charge on any atom is -0.493 e. The smallest absolute Gasteiger partial charge is 0.416 e. The van der Waals surface area contributed by atoms with Crippen molar-refractivity contribution < 1.29 is 46.5 Å². The number of carbonyl (C=O) groups excluding carboxylic acids is 3. The fraction of sp³-hybridized carbons (Fsp3) is 0.286. The third kappa shape index (κ3) is 7.27. The summed E-state index contributed by atoms with van der Waals surface area (Å²) in [6, 6.07) is 6.79. The lowest BCUT2D eigenvalue weighted by atomic mass is 10.1. The van der Waals surface area contributed by atoms with Gasteiger partial charge in [0.15, 0.2) is 11.5 Å². The van der Waals surface area contributed by atoms with Crippen molar-refractivity contribution in [1.29, 1.82) is 0 Å². The molecule has 0 bridgehead atoms. The summed E-state index contributed by atoms with van der Waals surface area (Å²) < 4.78 is 58.5. The number of anilines is 1. The van der Waals surface area contributed by atoms with Crippen LogP contribution in [0.4, 0.5) is 18.9 Å². The second-order valence-electron chi connectivity index (χ2n) is 6.54. The van der Waals surface area contributed by atoms with Crippen molar-refractivity contribution in [2.45, 2.75) is 6.18 Å². The lowest BCUT2D eigenvalue weighted by Crippen LogP contribution is -2.43. The number of amides is 3. The average molecular weight is 485 g/mol. The van der Waals surface area contributed by atoms with E-state index in [0.717, 1.165) is 18.2 Å². The van der Waals surface area contributed by atoms with Gasteiger partial charge in [0.25, 0.3) is 11.8 Å². The van der Waals surface area contributed by atoms with Gasteiger partial charge in [-0.1, -0.05) is 6.07 Å². The Kier molecular flexibility index (Phi) is 9.07. The van der Waals surface area contributed by atoms with Crippen LogP contribution in [0.15, 0.2) is 36.4 Å². The maximum Gasteiger partial charge on any atom is 0.416 e. The normalized spacial score (nSPS) is 10.8. The van der Waals surface area contributed by atoms with Crippen molar-refractivity contribution in [1.82, 2.24) is 10.9 Å². The zero-order valence-corrected chi connectivity index (χ0v) is 18.4. The van der Waals surface area contributed by atoms with Gasteiger partial charge in [-0.2, -0.15) is 13.2 Å². The quantitative estimate of drug-likeness (QED) is 0.465. The summed E-state index contributed by atoms with van der Waals surface area (Å²) in [5.74, 6) is -1.51. The van der Waals surface area contributed by atoms with Crippen LogP contribution in [0.3, 0.4) is 0 Å². The van der Waals surface area contributed by atoms with Gasteiger partial charge in [-0.05, 0) is 30.3 Å². The van der Waals surface area contributed by atoms with Gasteiger partial charge >= 0.3 is 6.18 Å². The molecule has 13 heteroatoms. The fourth-order valence-corrected chi connectivity index (χ4v) is 2.65. The summed E-state index contributed by atoms with van der Waals surface area (Å²) in [5, 5.41) is 2.23. The van der Waals surface area contributed by atoms with Crippen LogP contribution in [-0.4, -0.2) is 52.3 Å². The molecule has 0 saturated carbocycles. The first-order valence-electron chi connectivity index (χ1n) is 9.53. The van der Waals surface area contributed by atoms with Crippen molar-refractivity contribution in [3.8, 4) is 17.2 Å². The molecule has 0 aliphatic carbocycles. The van der Waals surface area contributed by atoms with Crippen molar-refractivity contribution in [2.24, 2.45) is 0 Å². The van der Waals surface area contributed by atoms with E-state index in [2.05, 4.69) is 16.2 Å². The van der Waals surface area contributed by atoms with Crippen molar-refractivity contribution in [3.63, 3.8) is 0 Å². The van der Waals surface area contributed by atoms with Gasteiger partial charge in [-0.3, -0.25) is 25.2 Å². The molecule has 184 valence electrons. The summed E-state index contributed by atoms with van der Waals surface area (Å²) in [6.07, 6.45) is -4.55. The molecule has 3 N–H and O–H groups in total. The van der Waals surface area contributed by atoms with Crippen molar-refractivity contribution in [2.75, 3.05) is 39.9 Å². The Morgan fingerprint density at radius 2 is 1.47 bits per heavy atom. The van der Waals surface area contributed by atoms with Crippen LogP contribution in [0.2, 0.25) is 0 Å². The molecule has 2 rings (SSSR count). The van der Waals surface area contributed by atoms with Crippen molar-refractivity contribution in [3.05, 3.63) is 47.5 Å². The summed E-state index contributed by atoms with van der Waals surface area (Å²) in [5.41, 5.74) is 3.35. The highest BCUT2D eigenvalue weighted by Gasteiger charge is 2.30. The first kappa shape index (κ1) is 26.3. The zero-order valence-electron chi connectivity index (χ0n) is 18.4. The van der Waals surface area contributed by atoms with Crippen LogP contribution >= 0.6 is 0 Å². The topological polar surface area (TPSA) is 124 Å². The lowest BCUT2D eigenvalue weighted by Gasteiger charge is -2.14. The summed E-state index contributed by atoms with van der Waals surface area (Å²) in [6.45, 7) is -1.21. The molecule has 2 aromatic rings. The van der Waals surface area contributed by atoms with E-state index in [-0.39, 0.29) is 28.5 Å². The van der Waals surface area contributed by atoms with Gasteiger partial charge in [0.2, 0.25) is 11.7 Å². The van der Waals surface area contributed by atoms with Gasteiger partial charge in [0.1, 0.15) is 13.2 Å². The summed E-state index contributed by atoms with van der Waals surface area (Å²) in [4.78, 5) is 36.0. The van der Waals surface area contributed by atoms with E-state index in [9.17, 15) is 27.6 Å². The predicted molar refractivity (Wildman–Crippen MR) is 113 cm³/mol. The molecule has 0 aromatic heterocycles. The van der Waals surface area contributed by atoms with Crippen LogP contribution in [0.1, 0.15) is 15.9 Å². The van der Waals surface area contributed by atoms with Crippen LogP contribution in [0.5, 0.6) is 17.2 Å². The van der Waals surface area contributed by atoms with Crippen LogP contribution < -0.4 is 30.4 Å². The molecular formula is C21H22F3N3O7. The lowest BCUT2D eigenvalue weighted by molar-refractivity contribution is -0.137. The minimum absolute atomic E-state index is 0.0783. The highest BCUT2D eigenvalue weighted by Crippen LogP contribution is 2.38. The molecule has 2 aromatic carbocycles. The SMILES string of the molecule is COc1cc(C(=O)NNC(=O)COCC(=O)Nc2cccc(C(F)(F)F)c2)cc(OC)c1OC. The molecule has 3 amide bonds. The standard InChI is InChI=1S/C21H22F3N3O7/c1-31-15-7-12(8-16(32-2)19(15)33-3)20(30)27-26-18(29)11-34-10-17(28)25-14-6-4-5-13(9-14)21(22,23)24/h4-9H,10-11H2,1-3H3,(H,25,28)(H,26,29)(H,27,30). The number of carbonyl (C=O) groups is 3. The Bertz CT molecular complexity index is 1020. The average Bonchev–Trinajstić information content (AvgIpc) is 2.81. The number of hydrazine groups is 1. The number of hydrogen-bond donors (Lipinski definition) is 3. The number of ether oxygens (including phenoxy) is 4. The summed E-state index contributed by atoms with van der Waals surface area (Å²) >= 11 is 0. The Balaban J connectivity index is 1.82. The molecule has 0 spiro atoms. The van der Waals surface area contributed by atoms with E-state index >= 15 is 0 Å². The zero-order chi connectivity index (χ0) is 25.3. The fourth-order valence-electron chi connectivity index (χ4n) is 2.65. The second kappa shape index (κ2) is 11.7. The molecule has 0 heterocycles. The van der Waals surface area contributed by atoms with Gasteiger partial charge in [-0.25, -0.2) is 0 Å². The number of halogens is 3. The van der Waals surface area contributed by atoms with E-state index in [1.165, 1.54) is 39.5 Å². The second-order valence-corrected chi connectivity index (χ2v) is 6.54. The molecule has 0 fully saturated rings. The predicted octanol–water partition coefficient (Wildman–Crippen LogP) is 2.15. The molecule has 0 aliphatic rings. The Labute approximate surface area is 192 Å². The highest BCUT2D eigenvalue weighted by atomic mass is 19.4. The Hall–Kier alpha value is -4.00. The van der Waals surface area contributed by atoms with Gasteiger partial charge < -0.3 is 24.3 Å². The third-order valence-corrected chi connectivity index (χ3v) is 4.18. The molecular weight excluding hydrogens is 463 g/mol. The van der Waals surface area contributed by atoms with Gasteiger partial charge in [0.05, 0.1) is 26.9 Å². The number of nitrogens with one attached hydrogen (secondary N) is 3. The monoisotopic (exact) mass is 485 g/mol. The molecule has 10 nitrogen and oxygen atoms in total. The largest absolute Gasteiger partial charge is 0.493 e. The molecule has 0 aliphatic heterocycles. The van der Waals surface area contributed by atoms with Gasteiger partial charge in [-0.15, -0.1) is 0 Å². The number of benzene rings is 2. The number of alkyl halides is 3. The molecule has 0 unspecified atom stereocenters. The summed E-state index contributed by atoms with van der Waals surface area (Å²) in [7, 11) is 4.16. The van der Waals surface area contributed by atoms with E-state index in [1.807, 2.05) is 0 Å². The molecule has 0 atom stereocenters. The van der Waals surface area contributed by atoms with E-state index in [4.69, 9.17) is 18.9 Å². The maximum atomic E-state index is 12.7. The number of hydrogen-bond acceptors (Lipinski definition) is 7. The minimum atomic E-state index is -4.55. The Morgan fingerprint density at radius 1 is 0.853 bits per heavy atom. The number of rotatable bonds is 9. The van der Waals surface area contributed by atoms with Crippen LogP contribution in [0, 0.1) is 0 Å². The molecule has 0 saturated heterocycles. The maximum absolute atomic E-state index is 12.7. The molecule has 34 heavy (non-hydrogen) atoms. The third-order valence-electron chi connectivity index (χ3n) is 4.18. The first-order chi connectivity index (χ1) is 16.1. The highest BCUT2D eigenvalue weighted by molar-refractivity contribution is 5.97. The van der Waals surface area contributed by atoms with Crippen LogP contribution in [-0.2, 0) is 20.5 Å². The van der Waals surface area contributed by atoms with Crippen LogP contribution in [0.25, 0.3) is 0 Å². The van der Waals surface area contributed by atoms with E-state index < -0.39 is 42.7 Å². The van der Waals surface area contributed by atoms with E-state index in [0.29, 0.717) is 0 Å². The van der Waals surface area contributed by atoms with E-state index in [1.54, 1.807) is 0 Å².